The largest absolute Gasteiger partial charge is 0.0617 e. The van der Waals surface area contributed by atoms with Gasteiger partial charge in [0.25, 0.3) is 0 Å². The van der Waals surface area contributed by atoms with E-state index in [0.717, 1.165) is 17.8 Å². The Morgan fingerprint density at radius 1 is 0.562 bits per heavy atom. The maximum absolute atomic E-state index is 2.56. The summed E-state index contributed by atoms with van der Waals surface area (Å²) in [7, 11) is 0. The molecular weight excluding hydrogens is 192 g/mol. The van der Waals surface area contributed by atoms with Gasteiger partial charge in [0.15, 0.2) is 0 Å². The molecule has 0 spiro atoms. The van der Waals surface area contributed by atoms with Crippen LogP contribution >= 0.6 is 0 Å². The van der Waals surface area contributed by atoms with Gasteiger partial charge < -0.3 is 0 Å². The summed E-state index contributed by atoms with van der Waals surface area (Å²) in [6.45, 7) is 22.6. The Bertz CT molecular complexity index is 293. The number of rotatable bonds is 0. The first kappa shape index (κ1) is 12.5. The second kappa shape index (κ2) is 2.70. The molecule has 0 aliphatic heterocycles. The van der Waals surface area contributed by atoms with Gasteiger partial charge in [-0.1, -0.05) is 62.3 Å². The first-order valence-corrected chi connectivity index (χ1v) is 6.97. The van der Waals surface area contributed by atoms with Gasteiger partial charge in [0.05, 0.1) is 0 Å². The summed E-state index contributed by atoms with van der Waals surface area (Å²) in [5, 5.41) is 0. The van der Waals surface area contributed by atoms with E-state index < -0.39 is 0 Å². The van der Waals surface area contributed by atoms with Gasteiger partial charge in [-0.2, -0.15) is 0 Å². The SMILES string of the molecule is CC1C(C)(C)C2(C)C(C)C(C)C2(C)C1(C)C. The van der Waals surface area contributed by atoms with Crippen molar-refractivity contribution < 1.29 is 0 Å². The molecule has 0 aromatic carbocycles. The Morgan fingerprint density at radius 3 is 1.06 bits per heavy atom. The zero-order valence-corrected chi connectivity index (χ0v) is 12.7. The molecule has 0 amide bonds. The lowest BCUT2D eigenvalue weighted by Crippen LogP contribution is -2.65. The van der Waals surface area contributed by atoms with Crippen molar-refractivity contribution in [2.24, 2.45) is 39.4 Å². The molecule has 2 saturated carbocycles. The lowest BCUT2D eigenvalue weighted by Gasteiger charge is -2.70. The minimum Gasteiger partial charge on any atom is -0.0617 e. The predicted octanol–water partition coefficient (Wildman–Crippen LogP) is 4.99. The Balaban J connectivity index is 2.65. The molecule has 0 aromatic rings. The average molecular weight is 222 g/mol. The number of fused-ring (bicyclic) bond motifs is 1. The van der Waals surface area contributed by atoms with Crippen molar-refractivity contribution in [2.75, 3.05) is 0 Å². The summed E-state index contributed by atoms with van der Waals surface area (Å²) in [5.41, 5.74) is 1.92. The molecule has 0 aromatic heterocycles. The zero-order valence-electron chi connectivity index (χ0n) is 12.7. The monoisotopic (exact) mass is 222 g/mol. The van der Waals surface area contributed by atoms with Gasteiger partial charge in [0.1, 0.15) is 0 Å². The van der Waals surface area contributed by atoms with Gasteiger partial charge in [-0.3, -0.25) is 0 Å². The van der Waals surface area contributed by atoms with Crippen molar-refractivity contribution >= 4 is 0 Å². The summed E-state index contributed by atoms with van der Waals surface area (Å²) >= 11 is 0. The van der Waals surface area contributed by atoms with Crippen molar-refractivity contribution in [3.8, 4) is 0 Å². The minimum atomic E-state index is 0.456. The Hall–Kier alpha value is 0. The second-order valence-electron chi connectivity index (χ2n) is 8.15. The second-order valence-corrected chi connectivity index (χ2v) is 8.15. The molecule has 2 aliphatic carbocycles. The Labute approximate surface area is 102 Å². The Morgan fingerprint density at radius 2 is 0.812 bits per heavy atom. The third kappa shape index (κ3) is 0.782. The molecule has 0 saturated heterocycles. The Kier molecular flexibility index (Phi) is 2.10. The van der Waals surface area contributed by atoms with Crippen LogP contribution in [-0.4, -0.2) is 0 Å². The van der Waals surface area contributed by atoms with Crippen LogP contribution in [0.2, 0.25) is 0 Å². The highest BCUT2D eigenvalue weighted by Gasteiger charge is 2.79. The quantitative estimate of drug-likeness (QED) is 0.542. The fraction of sp³-hybridized carbons (Fsp3) is 1.00. The number of hydrogen-bond acceptors (Lipinski definition) is 0. The van der Waals surface area contributed by atoms with E-state index in [-0.39, 0.29) is 0 Å². The van der Waals surface area contributed by atoms with E-state index in [1.807, 2.05) is 0 Å². The molecule has 4 unspecified atom stereocenters. The van der Waals surface area contributed by atoms with Crippen LogP contribution in [0.1, 0.15) is 62.3 Å². The molecule has 0 bridgehead atoms. The first-order chi connectivity index (χ1) is 6.97. The van der Waals surface area contributed by atoms with Gasteiger partial charge in [0.2, 0.25) is 0 Å². The lowest BCUT2D eigenvalue weighted by atomic mass is 9.34. The topological polar surface area (TPSA) is 0 Å². The van der Waals surface area contributed by atoms with E-state index in [2.05, 4.69) is 62.3 Å². The van der Waals surface area contributed by atoms with Crippen molar-refractivity contribution in [2.45, 2.75) is 62.3 Å². The standard InChI is InChI=1S/C16H30/c1-10-11(2)16(9)14(6,7)12(3)13(4,5)15(10,16)8/h10-12H,1-9H3. The van der Waals surface area contributed by atoms with Crippen LogP contribution in [0.5, 0.6) is 0 Å². The smallest absolute Gasteiger partial charge is 0.0182 e. The zero-order chi connectivity index (χ0) is 12.7. The molecule has 4 atom stereocenters. The van der Waals surface area contributed by atoms with E-state index in [1.165, 1.54) is 0 Å². The maximum Gasteiger partial charge on any atom is -0.0182 e. The van der Waals surface area contributed by atoms with Gasteiger partial charge in [-0.15, -0.1) is 0 Å². The van der Waals surface area contributed by atoms with E-state index in [1.54, 1.807) is 0 Å². The molecule has 0 nitrogen and oxygen atoms in total. The van der Waals surface area contributed by atoms with Gasteiger partial charge >= 0.3 is 0 Å². The lowest BCUT2D eigenvalue weighted by molar-refractivity contribution is -0.224. The molecule has 16 heavy (non-hydrogen) atoms. The molecule has 2 fully saturated rings. The molecule has 94 valence electrons. The van der Waals surface area contributed by atoms with Crippen LogP contribution in [0.4, 0.5) is 0 Å². The van der Waals surface area contributed by atoms with Crippen LogP contribution in [0.3, 0.4) is 0 Å². The summed E-state index contributed by atoms with van der Waals surface area (Å²) in [4.78, 5) is 0. The molecule has 2 rings (SSSR count). The average Bonchev–Trinajstić information content (AvgIpc) is 2.28. The summed E-state index contributed by atoms with van der Waals surface area (Å²) in [5.74, 6) is 2.51. The van der Waals surface area contributed by atoms with Crippen LogP contribution in [-0.2, 0) is 0 Å². The van der Waals surface area contributed by atoms with Gasteiger partial charge in [0, 0.05) is 0 Å². The van der Waals surface area contributed by atoms with Crippen LogP contribution in [0.25, 0.3) is 0 Å². The fourth-order valence-electron chi connectivity index (χ4n) is 6.16. The van der Waals surface area contributed by atoms with E-state index in [9.17, 15) is 0 Å². The molecule has 0 radical (unpaired) electrons. The van der Waals surface area contributed by atoms with E-state index >= 15 is 0 Å². The van der Waals surface area contributed by atoms with Crippen molar-refractivity contribution in [3.05, 3.63) is 0 Å². The van der Waals surface area contributed by atoms with Crippen molar-refractivity contribution in [3.63, 3.8) is 0 Å². The summed E-state index contributed by atoms with van der Waals surface area (Å²) in [6, 6.07) is 0. The fourth-order valence-corrected chi connectivity index (χ4v) is 6.16. The molecule has 2 aliphatic rings. The highest BCUT2D eigenvalue weighted by atomic mass is 14.8. The van der Waals surface area contributed by atoms with Gasteiger partial charge in [-0.05, 0) is 39.4 Å². The molecular formula is C16H30. The van der Waals surface area contributed by atoms with E-state index in [0.29, 0.717) is 21.7 Å². The third-order valence-corrected chi connectivity index (χ3v) is 8.49. The predicted molar refractivity (Wildman–Crippen MR) is 71.3 cm³/mol. The summed E-state index contributed by atoms with van der Waals surface area (Å²) in [6.07, 6.45) is 0. The minimum absolute atomic E-state index is 0.456. The molecule has 0 heterocycles. The van der Waals surface area contributed by atoms with Crippen molar-refractivity contribution in [1.82, 2.24) is 0 Å². The normalized spacial score (nSPS) is 57.9. The highest BCUT2D eigenvalue weighted by molar-refractivity contribution is 5.27. The number of hydrogen-bond donors (Lipinski definition) is 0. The molecule has 0 heteroatoms. The maximum atomic E-state index is 2.56. The highest BCUT2D eigenvalue weighted by Crippen LogP contribution is 2.84. The van der Waals surface area contributed by atoms with Crippen LogP contribution in [0, 0.1) is 39.4 Å². The van der Waals surface area contributed by atoms with Crippen LogP contribution in [0.15, 0.2) is 0 Å². The van der Waals surface area contributed by atoms with Crippen LogP contribution < -0.4 is 0 Å². The van der Waals surface area contributed by atoms with Crippen molar-refractivity contribution in [1.29, 1.82) is 0 Å². The van der Waals surface area contributed by atoms with Gasteiger partial charge in [-0.25, -0.2) is 0 Å². The third-order valence-electron chi connectivity index (χ3n) is 8.49. The first-order valence-electron chi connectivity index (χ1n) is 6.97. The van der Waals surface area contributed by atoms with E-state index in [4.69, 9.17) is 0 Å². The summed E-state index contributed by atoms with van der Waals surface area (Å²) < 4.78 is 0. The molecule has 0 N–H and O–H groups in total.